The Labute approximate surface area is 221 Å². The number of rotatable bonds is 5. The lowest BCUT2D eigenvalue weighted by Gasteiger charge is -2.35. The average Bonchev–Trinajstić information content (AvgIpc) is 3.31. The Morgan fingerprint density at radius 1 is 0.784 bits per heavy atom. The zero-order chi connectivity index (χ0) is 26.1. The molecule has 37 heavy (non-hydrogen) atoms. The van der Waals surface area contributed by atoms with Gasteiger partial charge < -0.3 is 4.42 Å². The number of benzene rings is 3. The highest BCUT2D eigenvalue weighted by Gasteiger charge is 2.44. The van der Waals surface area contributed by atoms with Gasteiger partial charge in [-0.3, -0.25) is 0 Å². The standard InChI is InChI=1S/C35H38NO/c1-21(2)18-35(19-22(3)4)29-11-9-8-10-25(29)27-17-32-28(16-30(27)35)26-14-13-24(6)33(34(26)37-32)31-15-12-23(5)20-36(31)7/h8-17,20-22H,18-19H2,1-7H3/q+1. The van der Waals surface area contributed by atoms with E-state index in [4.69, 9.17) is 4.42 Å². The highest BCUT2D eigenvalue weighted by Crippen LogP contribution is 2.56. The van der Waals surface area contributed by atoms with Crippen LogP contribution in [0.4, 0.5) is 0 Å². The Hall–Kier alpha value is -3.39. The van der Waals surface area contributed by atoms with Crippen molar-refractivity contribution >= 4 is 21.9 Å². The summed E-state index contributed by atoms with van der Waals surface area (Å²) in [6.07, 6.45) is 4.49. The number of furan rings is 1. The second-order valence-electron chi connectivity index (χ2n) is 12.2. The maximum atomic E-state index is 6.76. The van der Waals surface area contributed by atoms with Gasteiger partial charge in [-0.05, 0) is 84.5 Å². The summed E-state index contributed by atoms with van der Waals surface area (Å²) in [6, 6.07) is 22.8. The highest BCUT2D eigenvalue weighted by atomic mass is 16.3. The Bertz CT molecular complexity index is 1660. The second kappa shape index (κ2) is 8.58. The molecule has 6 rings (SSSR count). The molecule has 2 aromatic heterocycles. The number of pyridine rings is 1. The minimum Gasteiger partial charge on any atom is -0.455 e. The van der Waals surface area contributed by atoms with E-state index in [1.54, 1.807) is 0 Å². The van der Waals surface area contributed by atoms with E-state index in [1.807, 2.05) is 0 Å². The molecule has 0 saturated heterocycles. The molecule has 2 nitrogen and oxygen atoms in total. The summed E-state index contributed by atoms with van der Waals surface area (Å²) in [5.41, 5.74) is 12.6. The first-order chi connectivity index (χ1) is 17.7. The highest BCUT2D eigenvalue weighted by molar-refractivity contribution is 6.11. The van der Waals surface area contributed by atoms with E-state index >= 15 is 0 Å². The molecule has 3 aromatic carbocycles. The van der Waals surface area contributed by atoms with Gasteiger partial charge in [0, 0.05) is 27.8 Å². The Morgan fingerprint density at radius 3 is 2.22 bits per heavy atom. The summed E-state index contributed by atoms with van der Waals surface area (Å²) < 4.78 is 8.98. The fourth-order valence-corrected chi connectivity index (χ4v) is 7.12. The molecule has 5 aromatic rings. The van der Waals surface area contributed by atoms with Crippen molar-refractivity contribution in [2.45, 2.75) is 59.8 Å². The summed E-state index contributed by atoms with van der Waals surface area (Å²) in [6.45, 7) is 13.8. The van der Waals surface area contributed by atoms with E-state index < -0.39 is 0 Å². The smallest absolute Gasteiger partial charge is 0.216 e. The molecular formula is C35H38NO+. The Morgan fingerprint density at radius 2 is 1.51 bits per heavy atom. The first-order valence-corrected chi connectivity index (χ1v) is 13.8. The lowest BCUT2D eigenvalue weighted by molar-refractivity contribution is -0.660. The maximum absolute atomic E-state index is 6.76. The van der Waals surface area contributed by atoms with Crippen molar-refractivity contribution in [2.75, 3.05) is 0 Å². The van der Waals surface area contributed by atoms with Crippen LogP contribution in [0, 0.1) is 25.7 Å². The van der Waals surface area contributed by atoms with E-state index in [0.717, 1.165) is 24.0 Å². The van der Waals surface area contributed by atoms with Gasteiger partial charge in [-0.25, -0.2) is 4.57 Å². The summed E-state index contributed by atoms with van der Waals surface area (Å²) in [5, 5.41) is 2.44. The van der Waals surface area contributed by atoms with Crippen LogP contribution in [-0.4, -0.2) is 0 Å². The van der Waals surface area contributed by atoms with Crippen LogP contribution in [0.3, 0.4) is 0 Å². The van der Waals surface area contributed by atoms with Crippen molar-refractivity contribution < 1.29 is 8.98 Å². The Kier molecular flexibility index (Phi) is 5.56. The van der Waals surface area contributed by atoms with Gasteiger partial charge in [-0.1, -0.05) is 64.1 Å². The van der Waals surface area contributed by atoms with Gasteiger partial charge in [0.2, 0.25) is 5.69 Å². The van der Waals surface area contributed by atoms with E-state index in [-0.39, 0.29) is 5.41 Å². The topological polar surface area (TPSA) is 17.0 Å². The first-order valence-electron chi connectivity index (χ1n) is 13.8. The third-order valence-corrected chi connectivity index (χ3v) is 8.29. The van der Waals surface area contributed by atoms with Crippen LogP contribution in [-0.2, 0) is 12.5 Å². The lowest BCUT2D eigenvalue weighted by atomic mass is 9.68. The van der Waals surface area contributed by atoms with Gasteiger partial charge in [0.25, 0.3) is 0 Å². The number of aromatic nitrogens is 1. The molecule has 188 valence electrons. The molecule has 2 heterocycles. The molecule has 0 amide bonds. The van der Waals surface area contributed by atoms with E-state index in [9.17, 15) is 0 Å². The number of hydrogen-bond acceptors (Lipinski definition) is 1. The van der Waals surface area contributed by atoms with Crippen LogP contribution in [0.2, 0.25) is 0 Å². The minimum atomic E-state index is 0.0307. The zero-order valence-electron chi connectivity index (χ0n) is 23.3. The minimum absolute atomic E-state index is 0.0307. The number of aryl methyl sites for hydroxylation is 3. The predicted octanol–water partition coefficient (Wildman–Crippen LogP) is 9.05. The Balaban J connectivity index is 1.68. The van der Waals surface area contributed by atoms with Crippen LogP contribution < -0.4 is 4.57 Å². The average molecular weight is 489 g/mol. The molecule has 1 aliphatic rings. The van der Waals surface area contributed by atoms with E-state index in [0.29, 0.717) is 11.8 Å². The molecule has 1 aliphatic carbocycles. The molecule has 0 saturated carbocycles. The fraction of sp³-hybridized carbons (Fsp3) is 0.343. The summed E-state index contributed by atoms with van der Waals surface area (Å²) in [4.78, 5) is 0. The van der Waals surface area contributed by atoms with Gasteiger partial charge in [0.15, 0.2) is 6.20 Å². The predicted molar refractivity (Wildman–Crippen MR) is 155 cm³/mol. The van der Waals surface area contributed by atoms with Crippen LogP contribution in [0.25, 0.3) is 44.3 Å². The van der Waals surface area contributed by atoms with Gasteiger partial charge in [0.05, 0.1) is 5.56 Å². The number of hydrogen-bond donors (Lipinski definition) is 0. The van der Waals surface area contributed by atoms with Gasteiger partial charge in [-0.15, -0.1) is 0 Å². The largest absolute Gasteiger partial charge is 0.455 e. The SMILES string of the molecule is Cc1ccc(-c2c(C)ccc3c2oc2cc4c(cc23)C(CC(C)C)(CC(C)C)c2ccccc2-4)[n+](C)c1. The molecule has 2 heteroatoms. The summed E-state index contributed by atoms with van der Waals surface area (Å²) in [5.74, 6) is 1.20. The van der Waals surface area contributed by atoms with Crippen molar-refractivity contribution in [3.8, 4) is 22.4 Å². The molecule has 0 aliphatic heterocycles. The molecule has 0 spiro atoms. The van der Waals surface area contributed by atoms with Crippen LogP contribution >= 0.6 is 0 Å². The van der Waals surface area contributed by atoms with E-state index in [2.05, 4.69) is 120 Å². The van der Waals surface area contributed by atoms with E-state index in [1.165, 1.54) is 55.4 Å². The van der Waals surface area contributed by atoms with Gasteiger partial charge in [-0.2, -0.15) is 0 Å². The second-order valence-corrected chi connectivity index (χ2v) is 12.2. The lowest BCUT2D eigenvalue weighted by Crippen LogP contribution is -2.31. The quantitative estimate of drug-likeness (QED) is 0.226. The van der Waals surface area contributed by atoms with Crippen LogP contribution in [0.15, 0.2) is 71.3 Å². The molecule has 0 bridgehead atoms. The molecular weight excluding hydrogens is 450 g/mol. The number of fused-ring (bicyclic) bond motifs is 6. The van der Waals surface area contributed by atoms with Crippen molar-refractivity contribution in [1.29, 1.82) is 0 Å². The van der Waals surface area contributed by atoms with Gasteiger partial charge >= 0.3 is 0 Å². The summed E-state index contributed by atoms with van der Waals surface area (Å²) >= 11 is 0. The monoisotopic (exact) mass is 488 g/mol. The normalized spacial score (nSPS) is 14.2. The molecule has 0 fully saturated rings. The first kappa shape index (κ1) is 24.0. The van der Waals surface area contributed by atoms with Crippen LogP contribution in [0.1, 0.15) is 62.8 Å². The van der Waals surface area contributed by atoms with Crippen LogP contribution in [0.5, 0.6) is 0 Å². The van der Waals surface area contributed by atoms with Crippen molar-refractivity contribution in [3.05, 3.63) is 89.1 Å². The summed E-state index contributed by atoms with van der Waals surface area (Å²) in [7, 11) is 2.13. The zero-order valence-corrected chi connectivity index (χ0v) is 23.3. The molecule has 0 atom stereocenters. The molecule has 0 N–H and O–H groups in total. The number of nitrogens with zero attached hydrogens (tertiary/aromatic N) is 1. The van der Waals surface area contributed by atoms with Crippen molar-refractivity contribution in [2.24, 2.45) is 18.9 Å². The van der Waals surface area contributed by atoms with Gasteiger partial charge in [0.1, 0.15) is 18.2 Å². The molecule has 0 unspecified atom stereocenters. The fourth-order valence-electron chi connectivity index (χ4n) is 7.12. The van der Waals surface area contributed by atoms with Crippen molar-refractivity contribution in [1.82, 2.24) is 0 Å². The maximum Gasteiger partial charge on any atom is 0.216 e. The molecule has 0 radical (unpaired) electrons. The third kappa shape index (κ3) is 3.64. The van der Waals surface area contributed by atoms with Crippen molar-refractivity contribution in [3.63, 3.8) is 0 Å². The third-order valence-electron chi connectivity index (χ3n) is 8.29.